The minimum Gasteiger partial charge on any atom is -0.383 e. The molecule has 1 saturated carbocycles. The second-order valence-corrected chi connectivity index (χ2v) is 4.85. The summed E-state index contributed by atoms with van der Waals surface area (Å²) in [6, 6.07) is 7.63. The lowest BCUT2D eigenvalue weighted by Crippen LogP contribution is -2.12. The van der Waals surface area contributed by atoms with Gasteiger partial charge in [-0.3, -0.25) is 0 Å². The van der Waals surface area contributed by atoms with Gasteiger partial charge >= 0.3 is 0 Å². The van der Waals surface area contributed by atoms with Crippen LogP contribution in [0, 0.1) is 16.7 Å². The van der Waals surface area contributed by atoms with Crippen molar-refractivity contribution in [3.05, 3.63) is 28.8 Å². The number of hydrogen-bond donors (Lipinski definition) is 1. The van der Waals surface area contributed by atoms with Gasteiger partial charge in [-0.2, -0.15) is 5.26 Å². The van der Waals surface area contributed by atoms with Crippen molar-refractivity contribution >= 4 is 17.3 Å². The first-order valence-corrected chi connectivity index (χ1v) is 5.45. The summed E-state index contributed by atoms with van der Waals surface area (Å²) in [7, 11) is 0. The van der Waals surface area contributed by atoms with E-state index in [1.807, 2.05) is 12.1 Å². The fourth-order valence-electron chi connectivity index (χ4n) is 1.48. The highest BCUT2D eigenvalue weighted by molar-refractivity contribution is 6.32. The number of nitrogens with one attached hydrogen (secondary N) is 1. The molecule has 0 amide bonds. The van der Waals surface area contributed by atoms with Crippen LogP contribution in [0.3, 0.4) is 0 Å². The molecule has 1 aliphatic rings. The van der Waals surface area contributed by atoms with Gasteiger partial charge in [-0.15, -0.1) is 0 Å². The van der Waals surface area contributed by atoms with Crippen molar-refractivity contribution in [2.75, 3.05) is 11.9 Å². The van der Waals surface area contributed by atoms with Gasteiger partial charge in [0.25, 0.3) is 0 Å². The summed E-state index contributed by atoms with van der Waals surface area (Å²) < 4.78 is 0. The van der Waals surface area contributed by atoms with Gasteiger partial charge in [-0.25, -0.2) is 0 Å². The first-order valence-electron chi connectivity index (χ1n) is 5.07. The Balaban J connectivity index is 2.14. The van der Waals surface area contributed by atoms with Gasteiger partial charge in [-0.1, -0.05) is 24.6 Å². The van der Waals surface area contributed by atoms with E-state index in [0.717, 1.165) is 12.2 Å². The molecule has 0 heterocycles. The summed E-state index contributed by atoms with van der Waals surface area (Å²) in [5, 5.41) is 12.8. The van der Waals surface area contributed by atoms with E-state index in [-0.39, 0.29) is 0 Å². The van der Waals surface area contributed by atoms with E-state index in [2.05, 4.69) is 18.3 Å². The monoisotopic (exact) mass is 220 g/mol. The van der Waals surface area contributed by atoms with Gasteiger partial charge in [0.15, 0.2) is 0 Å². The fraction of sp³-hybridized carbons (Fsp3) is 0.417. The zero-order chi connectivity index (χ0) is 10.9. The predicted octanol–water partition coefficient (Wildman–Crippen LogP) is 3.42. The minimum absolute atomic E-state index is 0.426. The Labute approximate surface area is 94.9 Å². The van der Waals surface area contributed by atoms with Crippen LogP contribution in [0.1, 0.15) is 25.3 Å². The van der Waals surface area contributed by atoms with E-state index in [0.29, 0.717) is 16.0 Å². The van der Waals surface area contributed by atoms with Gasteiger partial charge < -0.3 is 5.32 Å². The molecule has 0 unspecified atom stereocenters. The number of hydrogen-bond acceptors (Lipinski definition) is 2. The average Bonchev–Trinajstić information content (AvgIpc) is 2.94. The van der Waals surface area contributed by atoms with E-state index < -0.39 is 0 Å². The second-order valence-electron chi connectivity index (χ2n) is 4.44. The maximum Gasteiger partial charge on any atom is 0.103 e. The lowest BCUT2D eigenvalue weighted by atomic mass is 10.1. The van der Waals surface area contributed by atoms with Gasteiger partial charge in [0.2, 0.25) is 0 Å². The van der Waals surface area contributed by atoms with E-state index in [1.165, 1.54) is 12.8 Å². The molecule has 3 heteroatoms. The molecule has 0 radical (unpaired) electrons. The van der Waals surface area contributed by atoms with Crippen molar-refractivity contribution in [2.45, 2.75) is 19.8 Å². The summed E-state index contributed by atoms with van der Waals surface area (Å²) in [6.45, 7) is 3.17. The molecule has 15 heavy (non-hydrogen) atoms. The van der Waals surface area contributed by atoms with E-state index >= 15 is 0 Å². The highest BCUT2D eigenvalue weighted by Gasteiger charge is 2.36. The van der Waals surface area contributed by atoms with Crippen LogP contribution >= 0.6 is 11.6 Å². The van der Waals surface area contributed by atoms with Crippen LogP contribution in [0.25, 0.3) is 0 Å². The molecule has 0 aliphatic heterocycles. The third-order valence-corrected chi connectivity index (χ3v) is 3.25. The molecule has 0 spiro atoms. The Kier molecular flexibility index (Phi) is 2.58. The number of benzene rings is 1. The highest BCUT2D eigenvalue weighted by atomic mass is 35.5. The molecule has 2 nitrogen and oxygen atoms in total. The Morgan fingerprint density at radius 2 is 2.27 bits per heavy atom. The van der Waals surface area contributed by atoms with Gasteiger partial charge in [0.1, 0.15) is 6.07 Å². The summed E-state index contributed by atoms with van der Waals surface area (Å²) in [5.74, 6) is 0. The van der Waals surface area contributed by atoms with Crippen LogP contribution in [-0.2, 0) is 0 Å². The molecule has 1 aromatic rings. The van der Waals surface area contributed by atoms with E-state index in [9.17, 15) is 0 Å². The third-order valence-electron chi connectivity index (χ3n) is 2.93. The highest BCUT2D eigenvalue weighted by Crippen LogP contribution is 2.44. The number of halogens is 1. The molecule has 1 aliphatic carbocycles. The number of rotatable bonds is 3. The molecule has 0 saturated heterocycles. The standard InChI is InChI=1S/C12H13ClN2/c1-12(5-6-12)8-15-11-4-2-3-10(13)9(11)7-14/h2-4,15H,5-6,8H2,1H3. The quantitative estimate of drug-likeness (QED) is 0.847. The summed E-state index contributed by atoms with van der Waals surface area (Å²) in [5.41, 5.74) is 1.82. The van der Waals surface area contributed by atoms with Crippen molar-refractivity contribution in [1.29, 1.82) is 5.26 Å². The van der Waals surface area contributed by atoms with E-state index in [1.54, 1.807) is 6.07 Å². The van der Waals surface area contributed by atoms with Crippen molar-refractivity contribution in [1.82, 2.24) is 0 Å². The van der Waals surface area contributed by atoms with Crippen LogP contribution in [0.4, 0.5) is 5.69 Å². The third kappa shape index (κ3) is 2.24. The van der Waals surface area contributed by atoms with Crippen LogP contribution in [0.15, 0.2) is 18.2 Å². The summed E-state index contributed by atoms with van der Waals surface area (Å²) in [4.78, 5) is 0. The Morgan fingerprint density at radius 1 is 1.53 bits per heavy atom. The predicted molar refractivity (Wildman–Crippen MR) is 62.0 cm³/mol. The van der Waals surface area contributed by atoms with Crippen LogP contribution < -0.4 is 5.32 Å². The smallest absolute Gasteiger partial charge is 0.103 e. The zero-order valence-electron chi connectivity index (χ0n) is 8.68. The normalized spacial score (nSPS) is 16.9. The SMILES string of the molecule is CC1(CNc2cccc(Cl)c2C#N)CC1. The molecule has 78 valence electrons. The van der Waals surface area contributed by atoms with Gasteiger partial charge in [0.05, 0.1) is 16.3 Å². The molecule has 2 rings (SSSR count). The maximum absolute atomic E-state index is 8.97. The van der Waals surface area contributed by atoms with Crippen LogP contribution in [-0.4, -0.2) is 6.54 Å². The van der Waals surface area contributed by atoms with Gasteiger partial charge in [-0.05, 0) is 30.4 Å². The fourth-order valence-corrected chi connectivity index (χ4v) is 1.70. The van der Waals surface area contributed by atoms with Crippen LogP contribution in [0.2, 0.25) is 5.02 Å². The largest absolute Gasteiger partial charge is 0.383 e. The minimum atomic E-state index is 0.426. The lowest BCUT2D eigenvalue weighted by Gasteiger charge is -2.12. The first kappa shape index (κ1) is 10.3. The van der Waals surface area contributed by atoms with Crippen molar-refractivity contribution in [2.24, 2.45) is 5.41 Å². The number of nitrogens with zero attached hydrogens (tertiary/aromatic N) is 1. The Morgan fingerprint density at radius 3 is 2.87 bits per heavy atom. The molecule has 0 aromatic heterocycles. The second kappa shape index (κ2) is 3.75. The summed E-state index contributed by atoms with van der Waals surface area (Å²) >= 11 is 5.93. The number of anilines is 1. The topological polar surface area (TPSA) is 35.8 Å². The average molecular weight is 221 g/mol. The van der Waals surface area contributed by atoms with Gasteiger partial charge in [0, 0.05) is 6.54 Å². The molecular formula is C12H13ClN2. The molecule has 1 N–H and O–H groups in total. The first-order chi connectivity index (χ1) is 7.14. The molecule has 0 atom stereocenters. The Bertz CT molecular complexity index is 416. The zero-order valence-corrected chi connectivity index (χ0v) is 9.43. The van der Waals surface area contributed by atoms with Crippen molar-refractivity contribution < 1.29 is 0 Å². The van der Waals surface area contributed by atoms with E-state index in [4.69, 9.17) is 16.9 Å². The maximum atomic E-state index is 8.97. The van der Waals surface area contributed by atoms with Crippen molar-refractivity contribution in [3.8, 4) is 6.07 Å². The molecule has 1 aromatic carbocycles. The molecule has 0 bridgehead atoms. The molecular weight excluding hydrogens is 208 g/mol. The number of nitriles is 1. The summed E-state index contributed by atoms with van der Waals surface area (Å²) in [6.07, 6.45) is 2.53. The Hall–Kier alpha value is -1.20. The lowest BCUT2D eigenvalue weighted by molar-refractivity contribution is 0.610. The van der Waals surface area contributed by atoms with Crippen LogP contribution in [0.5, 0.6) is 0 Å². The molecule has 1 fully saturated rings. The van der Waals surface area contributed by atoms with Crippen molar-refractivity contribution in [3.63, 3.8) is 0 Å².